The number of ketones is 2. The van der Waals surface area contributed by atoms with Crippen LogP contribution in [0.4, 0.5) is 0 Å². The van der Waals surface area contributed by atoms with Crippen LogP contribution in [0, 0.1) is 5.92 Å². The van der Waals surface area contributed by atoms with Crippen molar-refractivity contribution < 1.29 is 47.9 Å². The highest BCUT2D eigenvalue weighted by Crippen LogP contribution is 2.56. The van der Waals surface area contributed by atoms with Gasteiger partial charge in [0.05, 0.1) is 35.5 Å². The number of aliphatic hydroxyl groups is 1. The lowest BCUT2D eigenvalue weighted by atomic mass is 9.69. The first kappa shape index (κ1) is 32.2. The van der Waals surface area contributed by atoms with Crippen LogP contribution in [0.15, 0.2) is 29.5 Å². The van der Waals surface area contributed by atoms with Gasteiger partial charge in [0, 0.05) is 48.6 Å². The third-order valence-corrected chi connectivity index (χ3v) is 8.35. The standard InChI is InChI=1S/C30H34ClNO10S/c1-14-9-17(33)23(28(35)30(14)29(36)24-18(37-2)13-19(38-3)25(31)27(24)42-30)16(12-22(34)32-7-8-43)15-10-20(39-4)26(41-6)21(11-15)40-5/h10-11,13-14,16,35,43H,7-9,12H2,1-6H3,(H,32,34)/t14-,16?,30+/m1/s1. The molecule has 3 atom stereocenters. The van der Waals surface area contributed by atoms with E-state index in [0.29, 0.717) is 17.1 Å². The number of carbonyl (C=O) groups is 3. The van der Waals surface area contributed by atoms with E-state index in [1.165, 1.54) is 41.6 Å². The number of carbonyl (C=O) groups excluding carboxylic acids is 3. The first-order valence-corrected chi connectivity index (χ1v) is 14.4. The smallest absolute Gasteiger partial charge is 0.231 e. The zero-order valence-corrected chi connectivity index (χ0v) is 26.3. The van der Waals surface area contributed by atoms with Crippen LogP contribution in [0.3, 0.4) is 0 Å². The zero-order chi connectivity index (χ0) is 31.6. The van der Waals surface area contributed by atoms with E-state index in [1.807, 2.05) is 0 Å². The highest BCUT2D eigenvalue weighted by Gasteiger charge is 2.61. The van der Waals surface area contributed by atoms with Crippen LogP contribution in [0.25, 0.3) is 0 Å². The first-order valence-electron chi connectivity index (χ1n) is 13.4. The number of allylic oxidation sites excluding steroid dienone is 1. The molecular formula is C30H34ClNO10S. The number of hydrogen-bond donors (Lipinski definition) is 3. The molecule has 2 aromatic rings. The molecule has 0 aromatic heterocycles. The molecule has 11 nitrogen and oxygen atoms in total. The summed E-state index contributed by atoms with van der Waals surface area (Å²) in [5.74, 6) is -2.46. The van der Waals surface area contributed by atoms with Crippen LogP contribution >= 0.6 is 24.2 Å². The van der Waals surface area contributed by atoms with Crippen molar-refractivity contribution in [2.45, 2.75) is 31.3 Å². The lowest BCUT2D eigenvalue weighted by Gasteiger charge is -2.38. The third kappa shape index (κ3) is 5.31. The molecule has 232 valence electrons. The molecule has 43 heavy (non-hydrogen) atoms. The normalized spacial score (nSPS) is 20.0. The Bertz CT molecular complexity index is 1470. The second-order valence-corrected chi connectivity index (χ2v) is 10.9. The number of ether oxygens (including phenoxy) is 6. The van der Waals surface area contributed by atoms with Crippen LogP contribution in [0.1, 0.15) is 41.6 Å². The molecule has 0 radical (unpaired) electrons. The number of Topliss-reactive ketones (excluding diaryl/α,β-unsaturated/α-hetero) is 2. The molecule has 0 saturated heterocycles. The van der Waals surface area contributed by atoms with Crippen molar-refractivity contribution in [3.8, 4) is 34.5 Å². The Kier molecular flexibility index (Phi) is 9.60. The van der Waals surface area contributed by atoms with Gasteiger partial charge in [-0.05, 0) is 17.7 Å². The molecule has 1 aliphatic heterocycles. The molecule has 0 fully saturated rings. The van der Waals surface area contributed by atoms with E-state index < -0.39 is 40.7 Å². The zero-order valence-electron chi connectivity index (χ0n) is 24.7. The van der Waals surface area contributed by atoms with Gasteiger partial charge >= 0.3 is 0 Å². The molecule has 1 heterocycles. The van der Waals surface area contributed by atoms with Crippen molar-refractivity contribution in [1.82, 2.24) is 5.32 Å². The summed E-state index contributed by atoms with van der Waals surface area (Å²) in [6, 6.07) is 4.63. The maximum Gasteiger partial charge on any atom is 0.231 e. The fraction of sp³-hybridized carbons (Fsp3) is 0.433. The minimum absolute atomic E-state index is 0.00860. The third-order valence-electron chi connectivity index (χ3n) is 7.77. The van der Waals surface area contributed by atoms with Gasteiger partial charge in [-0.25, -0.2) is 0 Å². The maximum absolute atomic E-state index is 14.2. The van der Waals surface area contributed by atoms with E-state index in [9.17, 15) is 19.5 Å². The van der Waals surface area contributed by atoms with Gasteiger partial charge in [-0.15, -0.1) is 0 Å². The van der Waals surface area contributed by atoms with Crippen molar-refractivity contribution in [3.63, 3.8) is 0 Å². The number of amides is 1. The number of rotatable bonds is 11. The van der Waals surface area contributed by atoms with Gasteiger partial charge in [0.2, 0.25) is 23.0 Å². The second-order valence-electron chi connectivity index (χ2n) is 10.0. The van der Waals surface area contributed by atoms with Gasteiger partial charge < -0.3 is 38.8 Å². The molecule has 2 aliphatic rings. The molecule has 2 aromatic carbocycles. The largest absolute Gasteiger partial charge is 0.507 e. The molecule has 4 rings (SSSR count). The average Bonchev–Trinajstić information content (AvgIpc) is 3.32. The summed E-state index contributed by atoms with van der Waals surface area (Å²) in [4.78, 5) is 41.1. The molecule has 0 bridgehead atoms. The second kappa shape index (κ2) is 12.8. The van der Waals surface area contributed by atoms with Crippen LogP contribution in [-0.4, -0.2) is 76.0 Å². The fourth-order valence-electron chi connectivity index (χ4n) is 5.68. The average molecular weight is 636 g/mol. The maximum atomic E-state index is 14.2. The van der Waals surface area contributed by atoms with Crippen LogP contribution in [0.5, 0.6) is 34.5 Å². The van der Waals surface area contributed by atoms with E-state index in [0.717, 1.165) is 0 Å². The number of fused-ring (bicyclic) bond motifs is 1. The molecule has 0 saturated carbocycles. The first-order chi connectivity index (χ1) is 20.5. The fourth-order valence-corrected chi connectivity index (χ4v) is 6.06. The number of hydrogen-bond acceptors (Lipinski definition) is 11. The minimum atomic E-state index is -2.02. The summed E-state index contributed by atoms with van der Waals surface area (Å²) in [7, 11) is 7.09. The van der Waals surface area contributed by atoms with E-state index in [2.05, 4.69) is 17.9 Å². The van der Waals surface area contributed by atoms with Gasteiger partial charge in [0.15, 0.2) is 28.8 Å². The Balaban J connectivity index is 1.98. The minimum Gasteiger partial charge on any atom is -0.507 e. The predicted octanol–water partition coefficient (Wildman–Crippen LogP) is 4.34. The Morgan fingerprint density at radius 1 is 1.05 bits per heavy atom. The van der Waals surface area contributed by atoms with Crippen LogP contribution in [0.2, 0.25) is 5.02 Å². The van der Waals surface area contributed by atoms with Gasteiger partial charge in [0.1, 0.15) is 22.1 Å². The monoisotopic (exact) mass is 635 g/mol. The van der Waals surface area contributed by atoms with Crippen molar-refractivity contribution in [2.24, 2.45) is 5.92 Å². The molecule has 1 aliphatic carbocycles. The number of methoxy groups -OCH3 is 5. The van der Waals surface area contributed by atoms with Gasteiger partial charge in [-0.2, -0.15) is 12.6 Å². The highest BCUT2D eigenvalue weighted by atomic mass is 35.5. The van der Waals surface area contributed by atoms with Crippen LogP contribution in [-0.2, 0) is 9.59 Å². The summed E-state index contributed by atoms with van der Waals surface area (Å²) >= 11 is 10.7. The van der Waals surface area contributed by atoms with E-state index >= 15 is 0 Å². The number of halogens is 1. The van der Waals surface area contributed by atoms with Crippen molar-refractivity contribution in [1.29, 1.82) is 0 Å². The number of thiol groups is 1. The topological polar surface area (TPSA) is 139 Å². The number of aliphatic hydroxyl groups excluding tert-OH is 1. The van der Waals surface area contributed by atoms with Gasteiger partial charge in [-0.3, -0.25) is 14.4 Å². The molecule has 13 heteroatoms. The summed E-state index contributed by atoms with van der Waals surface area (Å²) in [5, 5.41) is 14.8. The van der Waals surface area contributed by atoms with Crippen molar-refractivity contribution >= 4 is 41.7 Å². The SMILES string of the molecule is COc1cc(OC)c2c(c1Cl)O[C@]1(C2=O)C(O)=C(C(CC(=O)NCCS)c2cc(OC)c(OC)c(OC)c2)C(=O)C[C@H]1C. The lowest BCUT2D eigenvalue weighted by Crippen LogP contribution is -2.53. The molecule has 1 amide bonds. The van der Waals surface area contributed by atoms with Gasteiger partial charge in [-0.1, -0.05) is 18.5 Å². The lowest BCUT2D eigenvalue weighted by molar-refractivity contribution is -0.121. The Hall–Kier alpha value is -3.77. The Morgan fingerprint density at radius 2 is 1.65 bits per heavy atom. The van der Waals surface area contributed by atoms with Crippen molar-refractivity contribution in [2.75, 3.05) is 47.8 Å². The summed E-state index contributed by atoms with van der Waals surface area (Å²) in [5.41, 5.74) is -1.77. The van der Waals surface area contributed by atoms with E-state index in [-0.39, 0.29) is 64.3 Å². The molecular weight excluding hydrogens is 602 g/mol. The molecule has 1 unspecified atom stereocenters. The van der Waals surface area contributed by atoms with E-state index in [4.69, 9.17) is 40.0 Å². The Morgan fingerprint density at radius 3 is 2.19 bits per heavy atom. The molecule has 2 N–H and O–H groups in total. The number of nitrogens with one attached hydrogen (secondary N) is 1. The van der Waals surface area contributed by atoms with Crippen molar-refractivity contribution in [3.05, 3.63) is 45.7 Å². The molecule has 1 spiro atoms. The summed E-state index contributed by atoms with van der Waals surface area (Å²) in [6.07, 6.45) is -0.434. The highest BCUT2D eigenvalue weighted by molar-refractivity contribution is 7.80. The predicted molar refractivity (Wildman–Crippen MR) is 161 cm³/mol. The summed E-state index contributed by atoms with van der Waals surface area (Å²) in [6.45, 7) is 1.90. The Labute approximate surface area is 259 Å². The van der Waals surface area contributed by atoms with Crippen LogP contribution < -0.4 is 33.7 Å². The summed E-state index contributed by atoms with van der Waals surface area (Å²) < 4.78 is 33.5. The van der Waals surface area contributed by atoms with E-state index in [1.54, 1.807) is 19.1 Å². The van der Waals surface area contributed by atoms with Gasteiger partial charge in [0.25, 0.3) is 0 Å². The number of benzene rings is 2. The quantitative estimate of drug-likeness (QED) is 0.306.